The summed E-state index contributed by atoms with van der Waals surface area (Å²) in [6.45, 7) is 1.37. The van der Waals surface area contributed by atoms with Crippen molar-refractivity contribution in [2.75, 3.05) is 13.9 Å². The first-order chi connectivity index (χ1) is 7.06. The molecule has 0 bridgehead atoms. The summed E-state index contributed by atoms with van der Waals surface area (Å²) >= 11 is 5.84. The molecule has 0 aromatic heterocycles. The SMILES string of the molecule is COCOc1cc(O)c(C(C)=O)cc1Cl. The van der Waals surface area contributed by atoms with E-state index in [1.807, 2.05) is 0 Å². The minimum atomic E-state index is -0.257. The fourth-order valence-electron chi connectivity index (χ4n) is 1.06. The van der Waals surface area contributed by atoms with Gasteiger partial charge in [-0.25, -0.2) is 0 Å². The lowest BCUT2D eigenvalue weighted by atomic mass is 10.1. The molecule has 0 amide bonds. The molecule has 0 atom stereocenters. The van der Waals surface area contributed by atoms with Gasteiger partial charge in [0, 0.05) is 13.2 Å². The van der Waals surface area contributed by atoms with Crippen LogP contribution in [0.5, 0.6) is 11.5 Å². The molecule has 0 radical (unpaired) electrons. The van der Waals surface area contributed by atoms with Crippen molar-refractivity contribution >= 4 is 17.4 Å². The molecule has 4 nitrogen and oxygen atoms in total. The van der Waals surface area contributed by atoms with Crippen molar-refractivity contribution in [2.24, 2.45) is 0 Å². The number of phenolic OH excluding ortho intramolecular Hbond substituents is 1. The van der Waals surface area contributed by atoms with Gasteiger partial charge in [-0.1, -0.05) is 11.6 Å². The van der Waals surface area contributed by atoms with E-state index in [-0.39, 0.29) is 34.7 Å². The van der Waals surface area contributed by atoms with Gasteiger partial charge in [0.25, 0.3) is 0 Å². The summed E-state index contributed by atoms with van der Waals surface area (Å²) in [7, 11) is 1.47. The fourth-order valence-corrected chi connectivity index (χ4v) is 1.28. The van der Waals surface area contributed by atoms with E-state index in [0.29, 0.717) is 0 Å². The molecule has 1 N–H and O–H groups in total. The Bertz CT molecular complexity index is 376. The zero-order chi connectivity index (χ0) is 11.4. The largest absolute Gasteiger partial charge is 0.507 e. The molecule has 0 aliphatic heterocycles. The summed E-state index contributed by atoms with van der Waals surface area (Å²) in [4.78, 5) is 11.1. The van der Waals surface area contributed by atoms with Crippen molar-refractivity contribution in [1.82, 2.24) is 0 Å². The minimum Gasteiger partial charge on any atom is -0.507 e. The number of halogens is 1. The number of hydrogen-bond acceptors (Lipinski definition) is 4. The summed E-state index contributed by atoms with van der Waals surface area (Å²) in [5.41, 5.74) is 0.171. The molecule has 1 aromatic carbocycles. The summed E-state index contributed by atoms with van der Waals surface area (Å²) < 4.78 is 9.76. The Balaban J connectivity index is 3.02. The highest BCUT2D eigenvalue weighted by molar-refractivity contribution is 6.32. The summed E-state index contributed by atoms with van der Waals surface area (Å²) in [5, 5.41) is 9.74. The van der Waals surface area contributed by atoms with Gasteiger partial charge in [0.05, 0.1) is 10.6 Å². The topological polar surface area (TPSA) is 55.8 Å². The van der Waals surface area contributed by atoms with Crippen molar-refractivity contribution in [3.05, 3.63) is 22.7 Å². The van der Waals surface area contributed by atoms with Gasteiger partial charge >= 0.3 is 0 Å². The lowest BCUT2D eigenvalue weighted by Gasteiger charge is -2.09. The molecular formula is C10H11ClO4. The second-order valence-electron chi connectivity index (χ2n) is 2.91. The third kappa shape index (κ3) is 2.84. The van der Waals surface area contributed by atoms with Crippen LogP contribution in [0.4, 0.5) is 0 Å². The number of Topliss-reactive ketones (excluding diaryl/α,β-unsaturated/α-hetero) is 1. The highest BCUT2D eigenvalue weighted by Crippen LogP contribution is 2.32. The van der Waals surface area contributed by atoms with Gasteiger partial charge in [0.2, 0.25) is 0 Å². The smallest absolute Gasteiger partial charge is 0.188 e. The van der Waals surface area contributed by atoms with Gasteiger partial charge in [-0.05, 0) is 13.0 Å². The van der Waals surface area contributed by atoms with Crippen molar-refractivity contribution in [1.29, 1.82) is 0 Å². The van der Waals surface area contributed by atoms with Gasteiger partial charge in [-0.15, -0.1) is 0 Å². The van der Waals surface area contributed by atoms with Gasteiger partial charge in [-0.2, -0.15) is 0 Å². The first-order valence-corrected chi connectivity index (χ1v) is 4.59. The highest BCUT2D eigenvalue weighted by Gasteiger charge is 2.12. The lowest BCUT2D eigenvalue weighted by Crippen LogP contribution is -2.00. The first-order valence-electron chi connectivity index (χ1n) is 4.21. The Hall–Kier alpha value is -1.26. The number of rotatable bonds is 4. The number of phenols is 1. The molecule has 0 fully saturated rings. The zero-order valence-electron chi connectivity index (χ0n) is 8.41. The monoisotopic (exact) mass is 230 g/mol. The maximum absolute atomic E-state index is 11.1. The fraction of sp³-hybridized carbons (Fsp3) is 0.300. The summed E-state index contributed by atoms with van der Waals surface area (Å²) in [5.74, 6) is -0.133. The maximum Gasteiger partial charge on any atom is 0.188 e. The van der Waals surface area contributed by atoms with Crippen LogP contribution in [0.25, 0.3) is 0 Å². The van der Waals surface area contributed by atoms with Crippen LogP contribution in [0, 0.1) is 0 Å². The number of ether oxygens (including phenoxy) is 2. The van der Waals surface area contributed by atoms with Crippen LogP contribution in [0.2, 0.25) is 5.02 Å². The number of carbonyl (C=O) groups is 1. The van der Waals surface area contributed by atoms with Crippen LogP contribution in [-0.2, 0) is 4.74 Å². The molecule has 0 heterocycles. The molecule has 82 valence electrons. The first kappa shape index (κ1) is 11.8. The summed E-state index contributed by atoms with van der Waals surface area (Å²) in [6.07, 6.45) is 0. The predicted octanol–water partition coefficient (Wildman–Crippen LogP) is 2.23. The third-order valence-corrected chi connectivity index (χ3v) is 2.06. The Morgan fingerprint density at radius 2 is 2.20 bits per heavy atom. The Morgan fingerprint density at radius 1 is 1.53 bits per heavy atom. The van der Waals surface area contributed by atoms with E-state index in [2.05, 4.69) is 4.74 Å². The Labute approximate surface area is 92.4 Å². The van der Waals surface area contributed by atoms with E-state index in [0.717, 1.165) is 0 Å². The number of hydrogen-bond donors (Lipinski definition) is 1. The molecular weight excluding hydrogens is 220 g/mol. The van der Waals surface area contributed by atoms with Crippen LogP contribution < -0.4 is 4.74 Å². The number of methoxy groups -OCH3 is 1. The highest BCUT2D eigenvalue weighted by atomic mass is 35.5. The van der Waals surface area contributed by atoms with Crippen molar-refractivity contribution in [2.45, 2.75) is 6.92 Å². The molecule has 5 heteroatoms. The number of aromatic hydroxyl groups is 1. The van der Waals surface area contributed by atoms with E-state index < -0.39 is 0 Å². The third-order valence-electron chi connectivity index (χ3n) is 1.76. The van der Waals surface area contributed by atoms with Crippen molar-refractivity contribution in [3.8, 4) is 11.5 Å². The number of carbonyl (C=O) groups excluding carboxylic acids is 1. The average molecular weight is 231 g/mol. The van der Waals surface area contributed by atoms with Crippen molar-refractivity contribution < 1.29 is 19.4 Å². The molecule has 0 saturated carbocycles. The molecule has 0 aliphatic carbocycles. The van der Waals surface area contributed by atoms with E-state index in [1.165, 1.54) is 26.2 Å². The Kier molecular flexibility index (Phi) is 3.94. The van der Waals surface area contributed by atoms with Gasteiger partial charge in [-0.3, -0.25) is 4.79 Å². The van der Waals surface area contributed by atoms with E-state index in [1.54, 1.807) is 0 Å². The van der Waals surface area contributed by atoms with E-state index >= 15 is 0 Å². The molecule has 1 rings (SSSR count). The van der Waals surface area contributed by atoms with Crippen LogP contribution in [0.15, 0.2) is 12.1 Å². The van der Waals surface area contributed by atoms with Crippen LogP contribution in [0.1, 0.15) is 17.3 Å². The summed E-state index contributed by atoms with van der Waals surface area (Å²) in [6, 6.07) is 2.66. The molecule has 1 aromatic rings. The molecule has 0 aliphatic rings. The average Bonchev–Trinajstić information content (AvgIpc) is 2.18. The van der Waals surface area contributed by atoms with Crippen LogP contribution in [-0.4, -0.2) is 24.8 Å². The van der Waals surface area contributed by atoms with Gasteiger partial charge in [0.15, 0.2) is 12.6 Å². The maximum atomic E-state index is 11.1. The number of ketones is 1. The lowest BCUT2D eigenvalue weighted by molar-refractivity contribution is 0.0510. The predicted molar refractivity (Wildman–Crippen MR) is 55.6 cm³/mol. The quantitative estimate of drug-likeness (QED) is 0.637. The molecule has 15 heavy (non-hydrogen) atoms. The normalized spacial score (nSPS) is 10.1. The Morgan fingerprint density at radius 3 is 2.73 bits per heavy atom. The van der Waals surface area contributed by atoms with Crippen LogP contribution >= 0.6 is 11.6 Å². The standard InChI is InChI=1S/C10H11ClO4/c1-6(12)7-3-8(11)10(4-9(7)13)15-5-14-2/h3-4,13H,5H2,1-2H3. The second-order valence-corrected chi connectivity index (χ2v) is 3.31. The minimum absolute atomic E-state index is 0.0264. The van der Waals surface area contributed by atoms with Gasteiger partial charge in [0.1, 0.15) is 11.5 Å². The molecule has 0 unspecified atom stereocenters. The van der Waals surface area contributed by atoms with E-state index in [9.17, 15) is 9.90 Å². The molecule has 0 saturated heterocycles. The van der Waals surface area contributed by atoms with Crippen molar-refractivity contribution in [3.63, 3.8) is 0 Å². The van der Waals surface area contributed by atoms with E-state index in [4.69, 9.17) is 16.3 Å². The van der Waals surface area contributed by atoms with Gasteiger partial charge < -0.3 is 14.6 Å². The number of benzene rings is 1. The zero-order valence-corrected chi connectivity index (χ0v) is 9.17. The molecule has 0 spiro atoms. The van der Waals surface area contributed by atoms with Crippen LogP contribution in [0.3, 0.4) is 0 Å². The second kappa shape index (κ2) is 5.00.